The van der Waals surface area contributed by atoms with Gasteiger partial charge in [-0.2, -0.15) is 0 Å². The molecule has 1 aliphatic rings. The second kappa shape index (κ2) is 4.58. The summed E-state index contributed by atoms with van der Waals surface area (Å²) in [6.45, 7) is 6.46. The van der Waals surface area contributed by atoms with Gasteiger partial charge >= 0.3 is 0 Å². The molecule has 1 aliphatic carbocycles. The first-order valence-corrected chi connectivity index (χ1v) is 6.34. The van der Waals surface area contributed by atoms with E-state index < -0.39 is 0 Å². The molecule has 2 rings (SSSR count). The SMILES string of the molecule is Cc1cc(C)cc(C(O)C2CCCC2C)c1. The van der Waals surface area contributed by atoms with E-state index in [9.17, 15) is 5.11 Å². The first kappa shape index (κ1) is 11.7. The molecule has 1 fully saturated rings. The van der Waals surface area contributed by atoms with E-state index in [4.69, 9.17) is 0 Å². The minimum Gasteiger partial charge on any atom is -0.388 e. The van der Waals surface area contributed by atoms with Crippen molar-refractivity contribution >= 4 is 0 Å². The van der Waals surface area contributed by atoms with Crippen molar-refractivity contribution in [2.24, 2.45) is 11.8 Å². The minimum atomic E-state index is -0.268. The van der Waals surface area contributed by atoms with Crippen LogP contribution in [0.3, 0.4) is 0 Å². The summed E-state index contributed by atoms with van der Waals surface area (Å²) in [7, 11) is 0. The Morgan fingerprint density at radius 3 is 2.25 bits per heavy atom. The van der Waals surface area contributed by atoms with Crippen molar-refractivity contribution in [2.75, 3.05) is 0 Å². The van der Waals surface area contributed by atoms with Crippen molar-refractivity contribution in [1.29, 1.82) is 0 Å². The van der Waals surface area contributed by atoms with Gasteiger partial charge in [-0.15, -0.1) is 0 Å². The molecule has 1 heteroatoms. The summed E-state index contributed by atoms with van der Waals surface area (Å²) < 4.78 is 0. The Balaban J connectivity index is 2.22. The Morgan fingerprint density at radius 1 is 1.12 bits per heavy atom. The number of aliphatic hydroxyl groups is 1. The summed E-state index contributed by atoms with van der Waals surface area (Å²) in [5.74, 6) is 1.12. The first-order valence-electron chi connectivity index (χ1n) is 6.34. The van der Waals surface area contributed by atoms with Gasteiger partial charge in [-0.3, -0.25) is 0 Å². The van der Waals surface area contributed by atoms with Crippen molar-refractivity contribution in [3.05, 3.63) is 34.9 Å². The van der Waals surface area contributed by atoms with Crippen LogP contribution in [0.25, 0.3) is 0 Å². The van der Waals surface area contributed by atoms with Crippen LogP contribution >= 0.6 is 0 Å². The van der Waals surface area contributed by atoms with Crippen LogP contribution in [-0.2, 0) is 0 Å². The maximum atomic E-state index is 10.4. The van der Waals surface area contributed by atoms with E-state index in [1.807, 2.05) is 0 Å². The molecule has 16 heavy (non-hydrogen) atoms. The van der Waals surface area contributed by atoms with Gasteiger partial charge in [0.15, 0.2) is 0 Å². The molecule has 3 atom stereocenters. The molecule has 0 bridgehead atoms. The van der Waals surface area contributed by atoms with Crippen LogP contribution in [0.5, 0.6) is 0 Å². The van der Waals surface area contributed by atoms with E-state index in [1.165, 1.54) is 30.4 Å². The molecule has 0 saturated heterocycles. The maximum Gasteiger partial charge on any atom is 0.0820 e. The maximum absolute atomic E-state index is 10.4. The number of hydrogen-bond donors (Lipinski definition) is 1. The number of rotatable bonds is 2. The Bertz CT molecular complexity index is 349. The zero-order valence-electron chi connectivity index (χ0n) is 10.5. The highest BCUT2D eigenvalue weighted by Crippen LogP contribution is 2.40. The van der Waals surface area contributed by atoms with Crippen molar-refractivity contribution < 1.29 is 5.11 Å². The molecule has 0 radical (unpaired) electrons. The van der Waals surface area contributed by atoms with Gasteiger partial charge in [-0.1, -0.05) is 49.1 Å². The van der Waals surface area contributed by atoms with E-state index in [1.54, 1.807) is 0 Å². The minimum absolute atomic E-state index is 0.268. The van der Waals surface area contributed by atoms with Gasteiger partial charge in [0.1, 0.15) is 0 Å². The number of hydrogen-bond acceptors (Lipinski definition) is 1. The highest BCUT2D eigenvalue weighted by atomic mass is 16.3. The van der Waals surface area contributed by atoms with E-state index in [-0.39, 0.29) is 6.10 Å². The average Bonchev–Trinajstić information content (AvgIpc) is 2.62. The Kier molecular flexibility index (Phi) is 3.34. The fourth-order valence-electron chi connectivity index (χ4n) is 3.07. The van der Waals surface area contributed by atoms with Crippen LogP contribution in [0, 0.1) is 25.7 Å². The quantitative estimate of drug-likeness (QED) is 0.801. The predicted octanol–water partition coefficient (Wildman–Crippen LogP) is 3.77. The summed E-state index contributed by atoms with van der Waals surface area (Å²) in [6, 6.07) is 6.42. The molecule has 1 nitrogen and oxygen atoms in total. The largest absolute Gasteiger partial charge is 0.388 e. The third kappa shape index (κ3) is 2.30. The lowest BCUT2D eigenvalue weighted by Gasteiger charge is -2.23. The summed E-state index contributed by atoms with van der Waals surface area (Å²) in [4.78, 5) is 0. The molecule has 0 aliphatic heterocycles. The zero-order chi connectivity index (χ0) is 11.7. The zero-order valence-corrected chi connectivity index (χ0v) is 10.5. The van der Waals surface area contributed by atoms with Crippen LogP contribution in [0.15, 0.2) is 18.2 Å². The van der Waals surface area contributed by atoms with Gasteiger partial charge in [0, 0.05) is 0 Å². The molecular formula is C15H22O. The van der Waals surface area contributed by atoms with Gasteiger partial charge in [-0.05, 0) is 37.7 Å². The summed E-state index contributed by atoms with van der Waals surface area (Å²) in [6.07, 6.45) is 3.45. The molecule has 0 amide bonds. The third-order valence-electron chi connectivity index (χ3n) is 3.92. The van der Waals surface area contributed by atoms with Crippen LogP contribution in [0.2, 0.25) is 0 Å². The highest BCUT2D eigenvalue weighted by Gasteiger charge is 2.30. The van der Waals surface area contributed by atoms with Gasteiger partial charge in [0.05, 0.1) is 6.10 Å². The highest BCUT2D eigenvalue weighted by molar-refractivity contribution is 5.30. The van der Waals surface area contributed by atoms with Crippen LogP contribution in [0.1, 0.15) is 49.0 Å². The van der Waals surface area contributed by atoms with Gasteiger partial charge in [0.2, 0.25) is 0 Å². The Morgan fingerprint density at radius 2 is 1.75 bits per heavy atom. The molecule has 1 saturated carbocycles. The first-order chi connectivity index (χ1) is 7.58. The summed E-state index contributed by atoms with van der Waals surface area (Å²) in [5.41, 5.74) is 3.61. The molecule has 1 N–H and O–H groups in total. The van der Waals surface area contributed by atoms with Crippen molar-refractivity contribution in [2.45, 2.75) is 46.1 Å². The van der Waals surface area contributed by atoms with Gasteiger partial charge in [0.25, 0.3) is 0 Å². The van der Waals surface area contributed by atoms with Crippen LogP contribution in [-0.4, -0.2) is 5.11 Å². The van der Waals surface area contributed by atoms with Crippen molar-refractivity contribution in [1.82, 2.24) is 0 Å². The van der Waals surface area contributed by atoms with Crippen LogP contribution < -0.4 is 0 Å². The number of benzene rings is 1. The lowest BCUT2D eigenvalue weighted by molar-refractivity contribution is 0.0899. The second-order valence-corrected chi connectivity index (χ2v) is 5.44. The monoisotopic (exact) mass is 218 g/mol. The van der Waals surface area contributed by atoms with E-state index in [2.05, 4.69) is 39.0 Å². The van der Waals surface area contributed by atoms with Gasteiger partial charge in [-0.25, -0.2) is 0 Å². The molecule has 0 spiro atoms. The summed E-state index contributed by atoms with van der Waals surface area (Å²) in [5, 5.41) is 10.4. The fraction of sp³-hybridized carbons (Fsp3) is 0.600. The predicted molar refractivity (Wildman–Crippen MR) is 67.4 cm³/mol. The van der Waals surface area contributed by atoms with E-state index in [0.29, 0.717) is 11.8 Å². The van der Waals surface area contributed by atoms with Crippen LogP contribution in [0.4, 0.5) is 0 Å². The fourth-order valence-corrected chi connectivity index (χ4v) is 3.07. The van der Waals surface area contributed by atoms with E-state index >= 15 is 0 Å². The molecule has 3 unspecified atom stereocenters. The topological polar surface area (TPSA) is 20.2 Å². The Labute approximate surface area is 98.5 Å². The number of aliphatic hydroxyl groups excluding tert-OH is 1. The molecule has 0 aromatic heterocycles. The third-order valence-corrected chi connectivity index (χ3v) is 3.92. The molecule has 1 aromatic rings. The summed E-state index contributed by atoms with van der Waals surface area (Å²) >= 11 is 0. The molecule has 0 heterocycles. The molecular weight excluding hydrogens is 196 g/mol. The normalized spacial score (nSPS) is 27.0. The van der Waals surface area contributed by atoms with Crippen molar-refractivity contribution in [3.8, 4) is 0 Å². The van der Waals surface area contributed by atoms with Crippen molar-refractivity contribution in [3.63, 3.8) is 0 Å². The smallest absolute Gasteiger partial charge is 0.0820 e. The standard InChI is InChI=1S/C15H22O/c1-10-7-11(2)9-13(8-10)15(16)14-6-4-5-12(14)3/h7-9,12,14-16H,4-6H2,1-3H3. The molecule has 1 aromatic carbocycles. The van der Waals surface area contributed by atoms with E-state index in [0.717, 1.165) is 5.56 Å². The molecule has 88 valence electrons. The average molecular weight is 218 g/mol. The second-order valence-electron chi connectivity index (χ2n) is 5.44. The number of aryl methyl sites for hydroxylation is 2. The van der Waals surface area contributed by atoms with Gasteiger partial charge < -0.3 is 5.11 Å². The lowest BCUT2D eigenvalue weighted by Crippen LogP contribution is -2.15. The lowest BCUT2D eigenvalue weighted by atomic mass is 9.87. The Hall–Kier alpha value is -0.820.